The molecule has 2 aliphatic rings. The number of carbonyl (C=O) groups excluding carboxylic acids is 1. The van der Waals surface area contributed by atoms with Crippen LogP contribution in [0.3, 0.4) is 0 Å². The number of fused-ring (bicyclic) bond motifs is 1. The molecule has 0 aromatic heterocycles. The van der Waals surface area contributed by atoms with E-state index in [9.17, 15) is 9.59 Å². The van der Waals surface area contributed by atoms with Crippen molar-refractivity contribution in [1.29, 1.82) is 0 Å². The fourth-order valence-electron chi connectivity index (χ4n) is 2.91. The molecule has 0 bridgehead atoms. The molecule has 21 heavy (non-hydrogen) atoms. The summed E-state index contributed by atoms with van der Waals surface area (Å²) in [7, 11) is 0. The van der Waals surface area contributed by atoms with Gasteiger partial charge in [0.15, 0.2) is 6.10 Å². The molecule has 1 saturated heterocycles. The number of hydrogen-bond donors (Lipinski definition) is 1. The molecule has 1 N–H and O–H groups in total. The van der Waals surface area contributed by atoms with Crippen LogP contribution < -0.4 is 4.74 Å². The second-order valence-electron chi connectivity index (χ2n) is 5.50. The lowest BCUT2D eigenvalue weighted by molar-refractivity contribution is -0.147. The summed E-state index contributed by atoms with van der Waals surface area (Å²) in [6, 6.07) is 5.34. The zero-order valence-electron chi connectivity index (χ0n) is 11.4. The first-order valence-electron chi connectivity index (χ1n) is 7.01. The van der Waals surface area contributed by atoms with Gasteiger partial charge in [0.1, 0.15) is 5.75 Å². The maximum Gasteiger partial charge on any atom is 0.306 e. The van der Waals surface area contributed by atoms with Crippen LogP contribution in [0.25, 0.3) is 0 Å². The Bertz CT molecular complexity index is 581. The molecule has 1 unspecified atom stereocenters. The maximum absolute atomic E-state index is 12.5. The standard InChI is InChI=1S/C15H16ClNO4/c16-11-1-2-12-10(7-11)8-13(21-12)14(18)17-5-3-9(4-6-17)15(19)20/h1-2,7,9,13H,3-6,8H2,(H,19,20). The van der Waals surface area contributed by atoms with Gasteiger partial charge < -0.3 is 14.7 Å². The average molecular weight is 310 g/mol. The molecule has 2 aliphatic heterocycles. The number of benzene rings is 1. The number of hydrogen-bond acceptors (Lipinski definition) is 3. The number of nitrogens with zero attached hydrogens (tertiary/aromatic N) is 1. The highest BCUT2D eigenvalue weighted by molar-refractivity contribution is 6.30. The molecule has 112 valence electrons. The van der Waals surface area contributed by atoms with Crippen molar-refractivity contribution in [3.8, 4) is 5.75 Å². The lowest BCUT2D eigenvalue weighted by Gasteiger charge is -2.31. The van der Waals surface area contributed by atoms with E-state index in [1.54, 1.807) is 17.0 Å². The van der Waals surface area contributed by atoms with E-state index in [1.165, 1.54) is 0 Å². The van der Waals surface area contributed by atoms with Crippen molar-refractivity contribution in [2.75, 3.05) is 13.1 Å². The minimum atomic E-state index is -0.777. The van der Waals surface area contributed by atoms with E-state index in [1.807, 2.05) is 6.07 Å². The van der Waals surface area contributed by atoms with Crippen molar-refractivity contribution in [1.82, 2.24) is 4.90 Å². The van der Waals surface area contributed by atoms with Crippen LogP contribution in [0.1, 0.15) is 18.4 Å². The number of halogens is 1. The molecule has 1 amide bonds. The summed E-state index contributed by atoms with van der Waals surface area (Å²) in [5.74, 6) is -0.472. The van der Waals surface area contributed by atoms with Gasteiger partial charge in [-0.25, -0.2) is 0 Å². The zero-order valence-corrected chi connectivity index (χ0v) is 12.2. The predicted molar refractivity (Wildman–Crippen MR) is 76.5 cm³/mol. The summed E-state index contributed by atoms with van der Waals surface area (Å²) >= 11 is 5.94. The Kier molecular flexibility index (Phi) is 3.76. The first-order valence-corrected chi connectivity index (χ1v) is 7.39. The highest BCUT2D eigenvalue weighted by atomic mass is 35.5. The Morgan fingerprint density at radius 3 is 2.67 bits per heavy atom. The molecule has 2 heterocycles. The van der Waals surface area contributed by atoms with Gasteiger partial charge in [0.2, 0.25) is 0 Å². The topological polar surface area (TPSA) is 66.8 Å². The molecule has 1 atom stereocenters. The maximum atomic E-state index is 12.5. The average Bonchev–Trinajstić information content (AvgIpc) is 2.89. The molecule has 0 radical (unpaired) electrons. The molecule has 5 nitrogen and oxygen atoms in total. The minimum absolute atomic E-state index is 0.0637. The van der Waals surface area contributed by atoms with E-state index >= 15 is 0 Å². The van der Waals surface area contributed by atoms with E-state index in [0.29, 0.717) is 43.1 Å². The van der Waals surface area contributed by atoms with Crippen molar-refractivity contribution >= 4 is 23.5 Å². The fraction of sp³-hybridized carbons (Fsp3) is 0.467. The molecule has 6 heteroatoms. The van der Waals surface area contributed by atoms with Crippen LogP contribution in [-0.4, -0.2) is 41.1 Å². The van der Waals surface area contributed by atoms with Gasteiger partial charge in [-0.2, -0.15) is 0 Å². The summed E-state index contributed by atoms with van der Waals surface area (Å²) in [5, 5.41) is 9.61. The normalized spacial score (nSPS) is 21.8. The number of carbonyl (C=O) groups is 2. The smallest absolute Gasteiger partial charge is 0.306 e. The van der Waals surface area contributed by atoms with Gasteiger partial charge in [0.05, 0.1) is 5.92 Å². The van der Waals surface area contributed by atoms with Crippen LogP contribution >= 0.6 is 11.6 Å². The van der Waals surface area contributed by atoms with Gasteiger partial charge in [0.25, 0.3) is 5.91 Å². The summed E-state index contributed by atoms with van der Waals surface area (Å²) in [6.45, 7) is 0.958. The molecule has 0 saturated carbocycles. The fourth-order valence-corrected chi connectivity index (χ4v) is 3.10. The zero-order chi connectivity index (χ0) is 15.0. The van der Waals surface area contributed by atoms with Gasteiger partial charge in [-0.15, -0.1) is 0 Å². The van der Waals surface area contributed by atoms with Crippen molar-refractivity contribution in [2.24, 2.45) is 5.92 Å². The molecule has 3 rings (SSSR count). The Labute approximate surface area is 127 Å². The Balaban J connectivity index is 1.62. The number of aliphatic carboxylic acids is 1. The summed E-state index contributed by atoms with van der Waals surface area (Å²) < 4.78 is 5.69. The van der Waals surface area contributed by atoms with Gasteiger partial charge in [-0.1, -0.05) is 11.6 Å². The third-order valence-electron chi connectivity index (χ3n) is 4.13. The first kappa shape index (κ1) is 14.2. The number of amides is 1. The quantitative estimate of drug-likeness (QED) is 0.907. The molecular formula is C15H16ClNO4. The highest BCUT2D eigenvalue weighted by Gasteiger charge is 2.35. The van der Waals surface area contributed by atoms with Crippen molar-refractivity contribution in [3.63, 3.8) is 0 Å². The molecule has 1 aromatic rings. The summed E-state index contributed by atoms with van der Waals surface area (Å²) in [6.07, 6.45) is 1.02. The number of carboxylic acid groups (broad SMARTS) is 1. The largest absolute Gasteiger partial charge is 0.481 e. The van der Waals surface area contributed by atoms with Gasteiger partial charge >= 0.3 is 5.97 Å². The van der Waals surface area contributed by atoms with E-state index in [-0.39, 0.29) is 11.8 Å². The van der Waals surface area contributed by atoms with E-state index in [0.717, 1.165) is 5.56 Å². The van der Waals surface area contributed by atoms with Crippen LogP contribution in [0.2, 0.25) is 5.02 Å². The minimum Gasteiger partial charge on any atom is -0.481 e. The number of rotatable bonds is 2. The lowest BCUT2D eigenvalue weighted by Crippen LogP contribution is -2.46. The number of ether oxygens (including phenoxy) is 1. The first-order chi connectivity index (χ1) is 10.0. The number of carboxylic acids is 1. The van der Waals surface area contributed by atoms with Crippen LogP contribution in [0.5, 0.6) is 5.75 Å². The molecule has 0 aliphatic carbocycles. The SMILES string of the molecule is O=C(O)C1CCN(C(=O)C2Cc3cc(Cl)ccc3O2)CC1. The monoisotopic (exact) mass is 309 g/mol. The summed E-state index contributed by atoms with van der Waals surface area (Å²) in [5.41, 5.74) is 0.946. The van der Waals surface area contributed by atoms with Crippen LogP contribution in [0.15, 0.2) is 18.2 Å². The second-order valence-corrected chi connectivity index (χ2v) is 5.94. The van der Waals surface area contributed by atoms with Crippen molar-refractivity contribution in [3.05, 3.63) is 28.8 Å². The van der Waals surface area contributed by atoms with Crippen LogP contribution in [0.4, 0.5) is 0 Å². The Morgan fingerprint density at radius 2 is 2.00 bits per heavy atom. The molecule has 0 spiro atoms. The number of piperidine rings is 1. The van der Waals surface area contributed by atoms with E-state index in [2.05, 4.69) is 0 Å². The van der Waals surface area contributed by atoms with Gasteiger partial charge in [-0.3, -0.25) is 9.59 Å². The van der Waals surface area contributed by atoms with Crippen molar-refractivity contribution in [2.45, 2.75) is 25.4 Å². The summed E-state index contributed by atoms with van der Waals surface area (Å²) in [4.78, 5) is 25.1. The second kappa shape index (κ2) is 5.56. The van der Waals surface area contributed by atoms with Gasteiger partial charge in [-0.05, 0) is 36.6 Å². The molecule has 1 aromatic carbocycles. The van der Waals surface area contributed by atoms with Crippen LogP contribution in [0, 0.1) is 5.92 Å². The highest BCUT2D eigenvalue weighted by Crippen LogP contribution is 2.32. The van der Waals surface area contributed by atoms with Gasteiger partial charge in [0, 0.05) is 24.5 Å². The van der Waals surface area contributed by atoms with Crippen molar-refractivity contribution < 1.29 is 19.4 Å². The third kappa shape index (κ3) is 2.83. The van der Waals surface area contributed by atoms with E-state index < -0.39 is 12.1 Å². The molecular weight excluding hydrogens is 294 g/mol. The third-order valence-corrected chi connectivity index (χ3v) is 4.36. The Morgan fingerprint density at radius 1 is 1.29 bits per heavy atom. The van der Waals surface area contributed by atoms with Crippen LogP contribution in [-0.2, 0) is 16.0 Å². The predicted octanol–water partition coefficient (Wildman–Crippen LogP) is 1.97. The number of likely N-dealkylation sites (tertiary alicyclic amines) is 1. The lowest BCUT2D eigenvalue weighted by atomic mass is 9.96. The Hall–Kier alpha value is -1.75. The van der Waals surface area contributed by atoms with E-state index in [4.69, 9.17) is 21.4 Å². The molecule has 1 fully saturated rings.